The number of allylic oxidation sites excluding steroid dienone is 2. The minimum atomic E-state index is -5.38. The van der Waals surface area contributed by atoms with Crippen LogP contribution in [0, 0.1) is 27.7 Å². The second kappa shape index (κ2) is 11.6. The Kier molecular flexibility index (Phi) is 8.08. The summed E-state index contributed by atoms with van der Waals surface area (Å²) >= 11 is 0. The highest BCUT2D eigenvalue weighted by molar-refractivity contribution is 7.86. The lowest BCUT2D eigenvalue weighted by Gasteiger charge is -2.23. The zero-order valence-corrected chi connectivity index (χ0v) is 27.1. The predicted octanol–water partition coefficient (Wildman–Crippen LogP) is 0.688. The molecular weight excluding hydrogens is 709 g/mol. The maximum absolute atomic E-state index is 13.6. The number of hydrogen-bond acceptors (Lipinski definition) is 14. The second-order valence-electron chi connectivity index (χ2n) is 11.4. The molecule has 256 valence electrons. The third-order valence-corrected chi connectivity index (χ3v) is 11.2. The van der Waals surface area contributed by atoms with Gasteiger partial charge in [0.15, 0.2) is 16.6 Å². The molecule has 0 bridgehead atoms. The zero-order chi connectivity index (χ0) is 35.8. The van der Waals surface area contributed by atoms with Crippen molar-refractivity contribution in [1.82, 2.24) is 5.43 Å². The fourth-order valence-corrected chi connectivity index (χ4v) is 8.25. The van der Waals surface area contributed by atoms with Crippen LogP contribution >= 0.6 is 0 Å². The summed E-state index contributed by atoms with van der Waals surface area (Å²) < 4.78 is 105. The van der Waals surface area contributed by atoms with E-state index in [-0.39, 0.29) is 22.2 Å². The molecule has 0 saturated heterocycles. The number of Topliss-reactive ketones (excluding diaryl/α,β-unsaturated/α-hetero) is 1. The van der Waals surface area contributed by atoms with Crippen LogP contribution in [0.3, 0.4) is 0 Å². The van der Waals surface area contributed by atoms with Gasteiger partial charge >= 0.3 is 0 Å². The molecule has 49 heavy (non-hydrogen) atoms. The number of nitrogens with one attached hydrogen (secondary N) is 3. The van der Waals surface area contributed by atoms with Gasteiger partial charge in [0.25, 0.3) is 30.4 Å². The summed E-state index contributed by atoms with van der Waals surface area (Å²) in [6.45, 7) is 0. The Morgan fingerprint density at radius 1 is 0.714 bits per heavy atom. The number of carbonyl (C=O) groups is 1. The van der Waals surface area contributed by atoms with Crippen LogP contribution in [0.2, 0.25) is 0 Å². The first-order valence-corrected chi connectivity index (χ1v) is 18.6. The Labute approximate surface area is 275 Å². The smallest absolute Gasteiger partial charge is 0.296 e. The minimum Gasteiger partial charge on any atom is -0.510 e. The summed E-state index contributed by atoms with van der Waals surface area (Å²) in [4.78, 5) is 40.4. The van der Waals surface area contributed by atoms with Crippen molar-refractivity contribution in [2.75, 3.05) is 5.43 Å². The molecule has 4 aliphatic carbocycles. The molecule has 2 unspecified atom stereocenters. The van der Waals surface area contributed by atoms with Gasteiger partial charge in [-0.15, -0.1) is 0 Å². The summed E-state index contributed by atoms with van der Waals surface area (Å²) in [5.41, 5.74) is 0.527. The SMILES string of the molecule is N=c1c(S(=O)(=O)O)cc(=Nc2cc(S(=O)(=O)O)c(NNC3=C(O)C4CCCCC4C3=O)cc2S(=O)(=O)O)c2c(=O)c3ccccc3c(=O)c1=2. The number of ketones is 1. The van der Waals surface area contributed by atoms with Crippen LogP contribution in [0.15, 0.2) is 83.2 Å². The lowest BCUT2D eigenvalue weighted by Crippen LogP contribution is -2.32. The molecule has 0 radical (unpaired) electrons. The molecule has 0 amide bonds. The first-order valence-electron chi connectivity index (χ1n) is 14.2. The summed E-state index contributed by atoms with van der Waals surface area (Å²) in [7, 11) is -16.0. The fourth-order valence-electron chi connectivity index (χ4n) is 6.35. The van der Waals surface area contributed by atoms with Crippen molar-refractivity contribution in [2.24, 2.45) is 16.8 Å². The molecular formula is C29H24N4O13S3. The molecule has 0 aliphatic heterocycles. The van der Waals surface area contributed by atoms with Crippen molar-refractivity contribution in [1.29, 1.82) is 5.41 Å². The summed E-state index contributed by atoms with van der Waals surface area (Å²) in [5, 5.41) is 15.1. The Balaban J connectivity index is 1.65. The van der Waals surface area contributed by atoms with Gasteiger partial charge in [0.05, 0.1) is 32.5 Å². The monoisotopic (exact) mass is 732 g/mol. The van der Waals surface area contributed by atoms with Gasteiger partial charge in [-0.05, 0) is 31.0 Å². The van der Waals surface area contributed by atoms with E-state index in [2.05, 4.69) is 15.8 Å². The van der Waals surface area contributed by atoms with Crippen LogP contribution in [-0.2, 0) is 35.1 Å². The van der Waals surface area contributed by atoms with E-state index in [1.807, 2.05) is 0 Å². The Morgan fingerprint density at radius 2 is 1.27 bits per heavy atom. The van der Waals surface area contributed by atoms with Gasteiger partial charge in [-0.1, -0.05) is 37.1 Å². The molecule has 6 rings (SSSR count). The van der Waals surface area contributed by atoms with Crippen LogP contribution in [-0.4, -0.2) is 49.8 Å². The molecule has 0 aromatic heterocycles. The first kappa shape index (κ1) is 34.0. The van der Waals surface area contributed by atoms with E-state index >= 15 is 0 Å². The zero-order valence-electron chi connectivity index (χ0n) is 24.7. The highest BCUT2D eigenvalue weighted by Gasteiger charge is 2.43. The van der Waals surface area contributed by atoms with Crippen LogP contribution in [0.25, 0.3) is 10.8 Å². The highest BCUT2D eigenvalue weighted by atomic mass is 32.2. The lowest BCUT2D eigenvalue weighted by atomic mass is 9.80. The number of hydrogen-bond donors (Lipinski definition) is 7. The van der Waals surface area contributed by atoms with E-state index in [0.717, 1.165) is 12.8 Å². The van der Waals surface area contributed by atoms with E-state index in [1.165, 1.54) is 24.3 Å². The van der Waals surface area contributed by atoms with Gasteiger partial charge in [-0.3, -0.25) is 44.3 Å². The molecule has 1 saturated carbocycles. The average molecular weight is 733 g/mol. The van der Waals surface area contributed by atoms with Gasteiger partial charge in [0.1, 0.15) is 26.1 Å². The number of anilines is 1. The summed E-state index contributed by atoms with van der Waals surface area (Å²) in [6, 6.07) is 6.64. The van der Waals surface area contributed by atoms with Crippen molar-refractivity contribution in [3.8, 4) is 0 Å². The van der Waals surface area contributed by atoms with E-state index < -0.39 is 106 Å². The number of benzene rings is 2. The minimum absolute atomic E-state index is 0.200. The topological polar surface area (TPSA) is 295 Å². The summed E-state index contributed by atoms with van der Waals surface area (Å²) in [6.07, 6.45) is 2.49. The van der Waals surface area contributed by atoms with Gasteiger partial charge in [0, 0.05) is 22.6 Å². The lowest BCUT2D eigenvalue weighted by molar-refractivity contribution is -0.120. The number of fused-ring (bicyclic) bond motifs is 2. The molecule has 0 spiro atoms. The normalized spacial score (nSPS) is 19.1. The van der Waals surface area contributed by atoms with Crippen molar-refractivity contribution in [2.45, 2.75) is 40.4 Å². The molecule has 2 aromatic carbocycles. The predicted molar refractivity (Wildman–Crippen MR) is 168 cm³/mol. The molecule has 2 aromatic rings. The van der Waals surface area contributed by atoms with Crippen LogP contribution < -0.4 is 32.4 Å². The number of aliphatic hydroxyl groups excluding tert-OH is 1. The van der Waals surface area contributed by atoms with Gasteiger partial charge < -0.3 is 5.11 Å². The number of nitrogens with zero attached hydrogens (tertiary/aromatic N) is 1. The van der Waals surface area contributed by atoms with E-state index in [9.17, 15) is 58.4 Å². The fraction of sp³-hybridized carbons (Fsp3) is 0.207. The number of rotatable bonds is 7. The van der Waals surface area contributed by atoms with Crippen molar-refractivity contribution < 1.29 is 48.8 Å². The quantitative estimate of drug-likeness (QED) is 0.102. The van der Waals surface area contributed by atoms with Crippen molar-refractivity contribution in [3.05, 3.63) is 95.5 Å². The first-order chi connectivity index (χ1) is 22.8. The molecule has 1 fully saturated rings. The Bertz CT molecular complexity index is 2810. The second-order valence-corrected chi connectivity index (χ2v) is 15.6. The molecule has 4 aliphatic rings. The van der Waals surface area contributed by atoms with E-state index in [4.69, 9.17) is 5.41 Å². The maximum atomic E-state index is 13.6. The number of hydrazine groups is 1. The van der Waals surface area contributed by atoms with Crippen molar-refractivity contribution >= 4 is 58.3 Å². The van der Waals surface area contributed by atoms with Gasteiger partial charge in [-0.2, -0.15) is 25.3 Å². The largest absolute Gasteiger partial charge is 0.510 e. The highest BCUT2D eigenvalue weighted by Crippen LogP contribution is 2.42. The standard InChI is InChI=1S/C29H24N4O13S3/c30-24-21(49(44,45)46)11-18(22-23(24)27(35)13-6-2-1-5-12(13)26(22)34)31-16-9-20(48(41,42)43)17(10-19(16)47(38,39)40)32-33-25-28(36)14-7-3-4-8-15(14)29(25)37/h1-2,5-6,9-11,14-15,30,32-33,36H,3-4,7-8H2,(H,38,39,40)(H,41,42,43)(H,44,45,46). The maximum Gasteiger partial charge on any atom is 0.296 e. The molecule has 2 atom stereocenters. The third-order valence-electron chi connectivity index (χ3n) is 8.56. The Hall–Kier alpha value is -4.86. The van der Waals surface area contributed by atoms with Gasteiger partial charge in [0.2, 0.25) is 0 Å². The van der Waals surface area contributed by atoms with Crippen molar-refractivity contribution in [3.63, 3.8) is 0 Å². The van der Waals surface area contributed by atoms with Crippen LogP contribution in [0.1, 0.15) is 25.7 Å². The van der Waals surface area contributed by atoms with E-state index in [0.29, 0.717) is 31.0 Å². The Morgan fingerprint density at radius 3 is 1.82 bits per heavy atom. The molecule has 20 heteroatoms. The number of carbonyl (C=O) groups excluding carboxylic acids is 1. The molecule has 0 heterocycles. The molecule has 17 nitrogen and oxygen atoms in total. The van der Waals surface area contributed by atoms with Gasteiger partial charge in [-0.25, -0.2) is 4.99 Å². The number of aliphatic hydroxyl groups is 1. The van der Waals surface area contributed by atoms with E-state index in [1.54, 1.807) is 0 Å². The third kappa shape index (κ3) is 5.81. The van der Waals surface area contributed by atoms with Crippen LogP contribution in [0.5, 0.6) is 0 Å². The van der Waals surface area contributed by atoms with Crippen LogP contribution in [0.4, 0.5) is 11.4 Å². The average Bonchev–Trinajstić information content (AvgIpc) is 3.26. The molecule has 7 N–H and O–H groups in total. The summed E-state index contributed by atoms with van der Waals surface area (Å²) in [5.74, 6) is -1.83.